The van der Waals surface area contributed by atoms with Gasteiger partial charge in [0.25, 0.3) is 0 Å². The highest BCUT2D eigenvalue weighted by molar-refractivity contribution is 9.10. The van der Waals surface area contributed by atoms with Crippen molar-refractivity contribution in [1.29, 1.82) is 0 Å². The summed E-state index contributed by atoms with van der Waals surface area (Å²) < 4.78 is 52.7. The molecule has 102 valence electrons. The molecule has 0 radical (unpaired) electrons. The van der Waals surface area contributed by atoms with Crippen molar-refractivity contribution in [2.75, 3.05) is 0 Å². The van der Waals surface area contributed by atoms with Crippen LogP contribution in [0, 0.1) is 11.6 Å². The van der Waals surface area contributed by atoms with Crippen LogP contribution in [-0.4, -0.2) is 8.42 Å². The molecule has 0 aliphatic heterocycles. The summed E-state index contributed by atoms with van der Waals surface area (Å²) >= 11 is 4.64. The summed E-state index contributed by atoms with van der Waals surface area (Å²) in [5, 5.41) is 1.82. The molecule has 2 rings (SSSR count). The molecule has 3 nitrogen and oxygen atoms in total. The molecule has 0 saturated carbocycles. The van der Waals surface area contributed by atoms with Crippen LogP contribution in [0.2, 0.25) is 0 Å². The van der Waals surface area contributed by atoms with Crippen LogP contribution >= 0.6 is 27.3 Å². The van der Waals surface area contributed by atoms with Crippen molar-refractivity contribution in [1.82, 2.24) is 4.72 Å². The third kappa shape index (κ3) is 3.59. The second kappa shape index (κ2) is 5.66. The van der Waals surface area contributed by atoms with Gasteiger partial charge in [-0.3, -0.25) is 0 Å². The van der Waals surface area contributed by atoms with Gasteiger partial charge in [0.05, 0.1) is 4.90 Å². The average molecular weight is 368 g/mol. The summed E-state index contributed by atoms with van der Waals surface area (Å²) in [4.78, 5) is 0.500. The van der Waals surface area contributed by atoms with E-state index in [0.29, 0.717) is 6.07 Å². The van der Waals surface area contributed by atoms with E-state index in [1.54, 1.807) is 6.07 Å². The van der Waals surface area contributed by atoms with E-state index in [0.717, 1.165) is 21.5 Å². The molecule has 0 atom stereocenters. The van der Waals surface area contributed by atoms with Gasteiger partial charge in [-0.05, 0) is 40.2 Å². The molecule has 2 aromatic rings. The number of thiophene rings is 1. The van der Waals surface area contributed by atoms with Crippen molar-refractivity contribution in [3.05, 3.63) is 50.6 Å². The van der Waals surface area contributed by atoms with Crippen LogP contribution in [0.1, 0.15) is 4.88 Å². The van der Waals surface area contributed by atoms with Crippen molar-refractivity contribution in [2.45, 2.75) is 11.4 Å². The molecule has 8 heteroatoms. The van der Waals surface area contributed by atoms with Crippen molar-refractivity contribution < 1.29 is 17.2 Å². The van der Waals surface area contributed by atoms with Crippen LogP contribution in [0.25, 0.3) is 0 Å². The largest absolute Gasteiger partial charge is 0.241 e. The van der Waals surface area contributed by atoms with Crippen molar-refractivity contribution >= 4 is 37.3 Å². The highest BCUT2D eigenvalue weighted by Gasteiger charge is 2.16. The smallest absolute Gasteiger partial charge is 0.207 e. The third-order valence-corrected chi connectivity index (χ3v) is 5.36. The molecule has 0 fully saturated rings. The lowest BCUT2D eigenvalue weighted by molar-refractivity contribution is 0.504. The maximum Gasteiger partial charge on any atom is 0.241 e. The lowest BCUT2D eigenvalue weighted by atomic mass is 10.3. The second-order valence-electron chi connectivity index (χ2n) is 3.63. The van der Waals surface area contributed by atoms with E-state index in [4.69, 9.17) is 0 Å². The fourth-order valence-electron chi connectivity index (χ4n) is 1.34. The molecule has 1 aromatic carbocycles. The van der Waals surface area contributed by atoms with Crippen molar-refractivity contribution in [3.63, 3.8) is 0 Å². The van der Waals surface area contributed by atoms with Gasteiger partial charge in [0.15, 0.2) is 11.6 Å². The van der Waals surface area contributed by atoms with Crippen LogP contribution in [0.3, 0.4) is 0 Å². The normalized spacial score (nSPS) is 11.7. The first-order valence-electron chi connectivity index (χ1n) is 5.06. The Kier molecular flexibility index (Phi) is 4.34. The van der Waals surface area contributed by atoms with E-state index in [9.17, 15) is 17.2 Å². The molecule has 0 spiro atoms. The van der Waals surface area contributed by atoms with Crippen molar-refractivity contribution in [3.8, 4) is 0 Å². The number of halogens is 3. The number of hydrogen-bond acceptors (Lipinski definition) is 3. The van der Waals surface area contributed by atoms with Gasteiger partial charge in [0, 0.05) is 21.3 Å². The minimum Gasteiger partial charge on any atom is -0.207 e. The van der Waals surface area contributed by atoms with Crippen LogP contribution < -0.4 is 4.72 Å². The molecule has 1 aromatic heterocycles. The standard InChI is InChI=1S/C11H8BrF2NO2S2/c12-7-3-8(18-6-7)5-15-19(16,17)9-1-2-10(13)11(14)4-9/h1-4,6,15H,5H2. The zero-order valence-electron chi connectivity index (χ0n) is 9.36. The Morgan fingerprint density at radius 2 is 1.95 bits per heavy atom. The first kappa shape index (κ1) is 14.6. The van der Waals surface area contributed by atoms with Crippen LogP contribution in [0.5, 0.6) is 0 Å². The lowest BCUT2D eigenvalue weighted by Crippen LogP contribution is -2.23. The third-order valence-electron chi connectivity index (χ3n) is 2.26. The molecule has 0 aliphatic rings. The lowest BCUT2D eigenvalue weighted by Gasteiger charge is -2.05. The second-order valence-corrected chi connectivity index (χ2v) is 7.31. The highest BCUT2D eigenvalue weighted by atomic mass is 79.9. The summed E-state index contributed by atoms with van der Waals surface area (Å²) in [6, 6.07) is 4.23. The van der Waals surface area contributed by atoms with Gasteiger partial charge in [-0.2, -0.15) is 0 Å². The topological polar surface area (TPSA) is 46.2 Å². The first-order chi connectivity index (χ1) is 8.88. The van der Waals surface area contributed by atoms with E-state index in [1.165, 1.54) is 11.3 Å². The molecule has 1 heterocycles. The summed E-state index contributed by atoms with van der Waals surface area (Å²) in [6.07, 6.45) is 0. The van der Waals surface area contributed by atoms with Gasteiger partial charge in [-0.25, -0.2) is 21.9 Å². The molecule has 0 bridgehead atoms. The average Bonchev–Trinajstić information content (AvgIpc) is 2.76. The molecular formula is C11H8BrF2NO2S2. The zero-order chi connectivity index (χ0) is 14.0. The molecule has 0 unspecified atom stereocenters. The summed E-state index contributed by atoms with van der Waals surface area (Å²) in [7, 11) is -3.85. The van der Waals surface area contributed by atoms with Gasteiger partial charge in [-0.15, -0.1) is 11.3 Å². The monoisotopic (exact) mass is 367 g/mol. The zero-order valence-corrected chi connectivity index (χ0v) is 12.6. The van der Waals surface area contributed by atoms with Gasteiger partial charge in [0.2, 0.25) is 10.0 Å². The molecule has 0 amide bonds. The SMILES string of the molecule is O=S(=O)(NCc1cc(Br)cs1)c1ccc(F)c(F)c1. The Morgan fingerprint density at radius 3 is 2.53 bits per heavy atom. The van der Waals surface area contributed by atoms with Crippen molar-refractivity contribution in [2.24, 2.45) is 0 Å². The number of benzene rings is 1. The predicted octanol–water partition coefficient (Wildman–Crippen LogP) is 3.27. The Hall–Kier alpha value is -0.830. The Labute approximate surface area is 121 Å². The van der Waals surface area contributed by atoms with E-state index in [1.807, 2.05) is 5.38 Å². The highest BCUT2D eigenvalue weighted by Crippen LogP contribution is 2.20. The Morgan fingerprint density at radius 1 is 1.21 bits per heavy atom. The minimum absolute atomic E-state index is 0.0948. The fourth-order valence-corrected chi connectivity index (χ4v) is 3.84. The number of rotatable bonds is 4. The Balaban J connectivity index is 2.16. The van der Waals surface area contributed by atoms with E-state index in [-0.39, 0.29) is 11.4 Å². The van der Waals surface area contributed by atoms with Crippen LogP contribution in [0.15, 0.2) is 39.0 Å². The van der Waals surface area contributed by atoms with Gasteiger partial charge in [-0.1, -0.05) is 0 Å². The number of hydrogen-bond donors (Lipinski definition) is 1. The van der Waals surface area contributed by atoms with Crippen LogP contribution in [0.4, 0.5) is 8.78 Å². The molecule has 1 N–H and O–H groups in total. The van der Waals surface area contributed by atoms with Gasteiger partial charge in [0.1, 0.15) is 0 Å². The minimum atomic E-state index is -3.85. The molecule has 19 heavy (non-hydrogen) atoms. The van der Waals surface area contributed by atoms with E-state index >= 15 is 0 Å². The maximum absolute atomic E-state index is 13.0. The summed E-state index contributed by atoms with van der Waals surface area (Å²) in [5.41, 5.74) is 0. The summed E-state index contributed by atoms with van der Waals surface area (Å²) in [6.45, 7) is 0.0948. The summed E-state index contributed by atoms with van der Waals surface area (Å²) in [5.74, 6) is -2.28. The van der Waals surface area contributed by atoms with Crippen LogP contribution in [-0.2, 0) is 16.6 Å². The van der Waals surface area contributed by atoms with Gasteiger partial charge >= 0.3 is 0 Å². The molecular weight excluding hydrogens is 360 g/mol. The first-order valence-corrected chi connectivity index (χ1v) is 8.22. The molecule has 0 saturated heterocycles. The maximum atomic E-state index is 13.0. The fraction of sp³-hybridized carbons (Fsp3) is 0.0909. The van der Waals surface area contributed by atoms with E-state index in [2.05, 4.69) is 20.7 Å². The van der Waals surface area contributed by atoms with Gasteiger partial charge < -0.3 is 0 Å². The van der Waals surface area contributed by atoms with E-state index < -0.39 is 21.7 Å². The number of sulfonamides is 1. The Bertz CT molecular complexity index is 700. The number of nitrogens with one attached hydrogen (secondary N) is 1. The quantitative estimate of drug-likeness (QED) is 0.901. The predicted molar refractivity (Wildman–Crippen MR) is 72.4 cm³/mol. The molecule has 0 aliphatic carbocycles.